The summed E-state index contributed by atoms with van der Waals surface area (Å²) in [7, 11) is 1.61. The first kappa shape index (κ1) is 21.3. The smallest absolute Gasteiger partial charge is 0.305 e. The van der Waals surface area contributed by atoms with Gasteiger partial charge in [0.1, 0.15) is 0 Å². The highest BCUT2D eigenvalue weighted by Crippen LogP contribution is 2.10. The van der Waals surface area contributed by atoms with E-state index in [-0.39, 0.29) is 18.6 Å². The Morgan fingerprint density at radius 2 is 1.64 bits per heavy atom. The highest BCUT2D eigenvalue weighted by atomic mass is 16.5. The number of rotatable bonds is 16. The molecule has 2 unspecified atom stereocenters. The number of hydrogen-bond donors (Lipinski definition) is 1. The minimum Gasteiger partial charge on any atom is -0.481 e. The standard InChI is InChI=1S/C15H30O7/c1-4-19-6-7-20-8-10-22-14(12-15(16)17)11-13(2)21-9-5-18-3/h13-14H,4-12H2,1-3H3,(H,16,17). The van der Waals surface area contributed by atoms with Gasteiger partial charge in [-0.05, 0) is 13.8 Å². The fraction of sp³-hybridized carbons (Fsp3) is 0.933. The van der Waals surface area contributed by atoms with Crippen LogP contribution in [0.3, 0.4) is 0 Å². The third kappa shape index (κ3) is 14.2. The Bertz CT molecular complexity index is 260. The SMILES string of the molecule is CCOCCOCCOC(CC(=O)O)CC(C)OCCOC. The number of aliphatic carboxylic acids is 1. The van der Waals surface area contributed by atoms with Crippen LogP contribution in [0.25, 0.3) is 0 Å². The predicted octanol–water partition coefficient (Wildman–Crippen LogP) is 1.34. The molecule has 2 atom stereocenters. The average molecular weight is 322 g/mol. The molecular weight excluding hydrogens is 292 g/mol. The molecule has 0 saturated carbocycles. The lowest BCUT2D eigenvalue weighted by molar-refractivity contribution is -0.141. The topological polar surface area (TPSA) is 83.5 Å². The fourth-order valence-electron chi connectivity index (χ4n) is 1.81. The Balaban J connectivity index is 3.84. The number of carboxylic acids is 1. The van der Waals surface area contributed by atoms with Crippen LogP contribution in [-0.4, -0.2) is 76.6 Å². The molecular formula is C15H30O7. The van der Waals surface area contributed by atoms with E-state index in [2.05, 4.69) is 0 Å². The normalized spacial score (nSPS) is 14.0. The summed E-state index contributed by atoms with van der Waals surface area (Å²) in [6, 6.07) is 0. The highest BCUT2D eigenvalue weighted by Gasteiger charge is 2.17. The van der Waals surface area contributed by atoms with Gasteiger partial charge in [0.15, 0.2) is 0 Å². The second-order valence-corrected chi connectivity index (χ2v) is 4.81. The minimum absolute atomic E-state index is 0.0447. The van der Waals surface area contributed by atoms with E-state index in [4.69, 9.17) is 28.8 Å². The predicted molar refractivity (Wildman–Crippen MR) is 81.2 cm³/mol. The number of methoxy groups -OCH3 is 1. The Hall–Kier alpha value is -0.730. The summed E-state index contributed by atoms with van der Waals surface area (Å²) in [5.41, 5.74) is 0. The lowest BCUT2D eigenvalue weighted by Crippen LogP contribution is -2.26. The molecule has 0 bridgehead atoms. The van der Waals surface area contributed by atoms with Crippen LogP contribution in [0, 0.1) is 0 Å². The van der Waals surface area contributed by atoms with Crippen molar-refractivity contribution in [3.63, 3.8) is 0 Å². The molecule has 22 heavy (non-hydrogen) atoms. The summed E-state index contributed by atoms with van der Waals surface area (Å²) < 4.78 is 26.5. The van der Waals surface area contributed by atoms with Crippen molar-refractivity contribution in [2.45, 2.75) is 38.9 Å². The first-order valence-corrected chi connectivity index (χ1v) is 7.69. The lowest BCUT2D eigenvalue weighted by Gasteiger charge is -2.20. The van der Waals surface area contributed by atoms with Crippen LogP contribution in [-0.2, 0) is 28.5 Å². The van der Waals surface area contributed by atoms with Crippen LogP contribution in [0.2, 0.25) is 0 Å². The third-order valence-corrected chi connectivity index (χ3v) is 2.84. The summed E-state index contributed by atoms with van der Waals surface area (Å²) in [6.07, 6.45) is 0.00946. The lowest BCUT2D eigenvalue weighted by atomic mass is 10.1. The highest BCUT2D eigenvalue weighted by molar-refractivity contribution is 5.67. The molecule has 7 heteroatoms. The van der Waals surface area contributed by atoms with Gasteiger partial charge < -0.3 is 28.8 Å². The van der Waals surface area contributed by atoms with E-state index in [1.165, 1.54) is 0 Å². The van der Waals surface area contributed by atoms with Crippen molar-refractivity contribution in [2.75, 3.05) is 53.4 Å². The fourth-order valence-corrected chi connectivity index (χ4v) is 1.81. The van der Waals surface area contributed by atoms with Gasteiger partial charge in [-0.3, -0.25) is 4.79 Å². The largest absolute Gasteiger partial charge is 0.481 e. The summed E-state index contributed by atoms with van der Waals surface area (Å²) in [5.74, 6) is -0.883. The monoisotopic (exact) mass is 322 g/mol. The van der Waals surface area contributed by atoms with Crippen LogP contribution in [0.1, 0.15) is 26.7 Å². The number of carbonyl (C=O) groups is 1. The van der Waals surface area contributed by atoms with Gasteiger partial charge in [-0.25, -0.2) is 0 Å². The zero-order valence-corrected chi connectivity index (χ0v) is 13.9. The molecule has 0 saturated heterocycles. The second kappa shape index (κ2) is 15.2. The van der Waals surface area contributed by atoms with E-state index < -0.39 is 5.97 Å². The number of hydrogen-bond acceptors (Lipinski definition) is 6. The summed E-state index contributed by atoms with van der Waals surface area (Å²) >= 11 is 0. The van der Waals surface area contributed by atoms with Crippen molar-refractivity contribution in [3.05, 3.63) is 0 Å². The molecule has 0 aliphatic rings. The maximum atomic E-state index is 10.9. The van der Waals surface area contributed by atoms with Gasteiger partial charge in [0.05, 0.1) is 58.3 Å². The van der Waals surface area contributed by atoms with Crippen LogP contribution >= 0.6 is 0 Å². The van der Waals surface area contributed by atoms with Crippen LogP contribution in [0.5, 0.6) is 0 Å². The van der Waals surface area contributed by atoms with E-state index in [0.717, 1.165) is 0 Å². The Morgan fingerprint density at radius 1 is 1.00 bits per heavy atom. The molecule has 132 valence electrons. The molecule has 0 aliphatic heterocycles. The minimum atomic E-state index is -0.883. The molecule has 0 rings (SSSR count). The molecule has 0 heterocycles. The van der Waals surface area contributed by atoms with Gasteiger partial charge in [0, 0.05) is 20.1 Å². The molecule has 0 aromatic rings. The van der Waals surface area contributed by atoms with Gasteiger partial charge >= 0.3 is 5.97 Å². The third-order valence-electron chi connectivity index (χ3n) is 2.84. The molecule has 0 amide bonds. The quantitative estimate of drug-likeness (QED) is 0.429. The van der Waals surface area contributed by atoms with Crippen LogP contribution in [0.4, 0.5) is 0 Å². The van der Waals surface area contributed by atoms with Crippen LogP contribution in [0.15, 0.2) is 0 Å². The van der Waals surface area contributed by atoms with Gasteiger partial charge in [-0.2, -0.15) is 0 Å². The van der Waals surface area contributed by atoms with Gasteiger partial charge in [-0.1, -0.05) is 0 Å². The van der Waals surface area contributed by atoms with Crippen molar-refractivity contribution in [2.24, 2.45) is 0 Å². The average Bonchev–Trinajstić information content (AvgIpc) is 2.45. The Kier molecular flexibility index (Phi) is 14.7. The van der Waals surface area contributed by atoms with Crippen molar-refractivity contribution in [1.82, 2.24) is 0 Å². The van der Waals surface area contributed by atoms with Crippen molar-refractivity contribution in [3.8, 4) is 0 Å². The molecule has 1 N–H and O–H groups in total. The van der Waals surface area contributed by atoms with Crippen LogP contribution < -0.4 is 0 Å². The summed E-state index contributed by atoms with van der Waals surface area (Å²) in [5, 5.41) is 8.92. The van der Waals surface area contributed by atoms with E-state index in [1.807, 2.05) is 13.8 Å². The molecule has 7 nitrogen and oxygen atoms in total. The van der Waals surface area contributed by atoms with E-state index >= 15 is 0 Å². The maximum Gasteiger partial charge on any atom is 0.305 e. The first-order valence-electron chi connectivity index (χ1n) is 7.69. The molecule has 0 aliphatic carbocycles. The molecule has 0 aromatic heterocycles. The van der Waals surface area contributed by atoms with Gasteiger partial charge in [0.2, 0.25) is 0 Å². The number of ether oxygens (including phenoxy) is 5. The Labute approximate surface area is 132 Å². The van der Waals surface area contributed by atoms with Crippen molar-refractivity contribution < 1.29 is 33.6 Å². The zero-order valence-electron chi connectivity index (χ0n) is 13.9. The molecule has 0 radical (unpaired) electrons. The van der Waals surface area contributed by atoms with Crippen molar-refractivity contribution >= 4 is 5.97 Å². The van der Waals surface area contributed by atoms with E-state index in [9.17, 15) is 4.79 Å². The van der Waals surface area contributed by atoms with E-state index in [1.54, 1.807) is 7.11 Å². The molecule has 0 spiro atoms. The molecule has 0 fully saturated rings. The zero-order chi connectivity index (χ0) is 16.6. The number of carboxylic acid groups (broad SMARTS) is 1. The van der Waals surface area contributed by atoms with Gasteiger partial charge in [0.25, 0.3) is 0 Å². The van der Waals surface area contributed by atoms with E-state index in [0.29, 0.717) is 52.7 Å². The first-order chi connectivity index (χ1) is 10.6. The van der Waals surface area contributed by atoms with Crippen molar-refractivity contribution in [1.29, 1.82) is 0 Å². The second-order valence-electron chi connectivity index (χ2n) is 4.81. The maximum absolute atomic E-state index is 10.9. The Morgan fingerprint density at radius 3 is 2.27 bits per heavy atom. The summed E-state index contributed by atoms with van der Waals surface area (Å²) in [6.45, 7) is 7.33. The summed E-state index contributed by atoms with van der Waals surface area (Å²) in [4.78, 5) is 10.9. The van der Waals surface area contributed by atoms with Gasteiger partial charge in [-0.15, -0.1) is 0 Å². The molecule has 0 aromatic carbocycles.